The van der Waals surface area contributed by atoms with E-state index in [0.29, 0.717) is 10.6 Å². The van der Waals surface area contributed by atoms with Gasteiger partial charge in [0.2, 0.25) is 0 Å². The molecule has 0 atom stereocenters. The summed E-state index contributed by atoms with van der Waals surface area (Å²) in [5, 5.41) is 0. The van der Waals surface area contributed by atoms with Crippen LogP contribution in [0.25, 0.3) is 0 Å². The van der Waals surface area contributed by atoms with Crippen LogP contribution in [0.15, 0.2) is 4.90 Å². The second-order valence-corrected chi connectivity index (χ2v) is 5.57. The summed E-state index contributed by atoms with van der Waals surface area (Å²) in [6, 6.07) is 0. The predicted octanol–water partition coefficient (Wildman–Crippen LogP) is 1.69. The third-order valence-electron chi connectivity index (χ3n) is 1.21. The molecule has 0 aliphatic carbocycles. The van der Waals surface area contributed by atoms with Crippen molar-refractivity contribution in [1.82, 2.24) is 4.37 Å². The number of hydrogen-bond donors (Lipinski definition) is 0. The summed E-state index contributed by atoms with van der Waals surface area (Å²) in [6.07, 6.45) is 0. The second-order valence-electron chi connectivity index (χ2n) is 2.09. The number of aromatic nitrogens is 1. The third kappa shape index (κ3) is 1.72. The lowest BCUT2D eigenvalue weighted by Gasteiger charge is -1.92. The molecule has 0 aliphatic heterocycles. The molecule has 3 nitrogen and oxygen atoms in total. The highest BCUT2D eigenvalue weighted by Crippen LogP contribution is 2.25. The van der Waals surface area contributed by atoms with Crippen molar-refractivity contribution < 1.29 is 8.42 Å². The van der Waals surface area contributed by atoms with Crippen molar-refractivity contribution >= 4 is 31.3 Å². The van der Waals surface area contributed by atoms with E-state index in [1.807, 2.05) is 0 Å². The summed E-state index contributed by atoms with van der Waals surface area (Å²) < 4.78 is 25.6. The zero-order valence-corrected chi connectivity index (χ0v) is 8.35. The Morgan fingerprint density at radius 3 is 2.18 bits per heavy atom. The Bertz CT molecular complexity index is 348. The fraction of sp³-hybridized carbons (Fsp3) is 0.400. The van der Waals surface area contributed by atoms with E-state index in [4.69, 9.17) is 10.7 Å². The van der Waals surface area contributed by atoms with Crippen LogP contribution in [-0.4, -0.2) is 12.8 Å². The molecule has 0 spiro atoms. The average Bonchev–Trinajstić information content (AvgIpc) is 2.08. The number of nitrogens with zero attached hydrogens (tertiary/aromatic N) is 1. The van der Waals surface area contributed by atoms with Gasteiger partial charge in [-0.1, -0.05) is 0 Å². The van der Waals surface area contributed by atoms with Gasteiger partial charge in [-0.25, -0.2) is 8.42 Å². The summed E-state index contributed by atoms with van der Waals surface area (Å²) in [5.41, 5.74) is 0.475. The topological polar surface area (TPSA) is 47.0 Å². The number of hydrogen-bond acceptors (Lipinski definition) is 4. The van der Waals surface area contributed by atoms with Crippen molar-refractivity contribution in [2.75, 3.05) is 0 Å². The van der Waals surface area contributed by atoms with E-state index >= 15 is 0 Å². The highest BCUT2D eigenvalue weighted by molar-refractivity contribution is 8.13. The lowest BCUT2D eigenvalue weighted by atomic mass is 10.4. The second kappa shape index (κ2) is 2.73. The normalized spacial score (nSPS) is 11.9. The predicted molar refractivity (Wildman–Crippen MR) is 44.6 cm³/mol. The van der Waals surface area contributed by atoms with Gasteiger partial charge in [-0.2, -0.15) is 4.37 Å². The van der Waals surface area contributed by atoms with Crippen molar-refractivity contribution in [3.05, 3.63) is 10.6 Å². The van der Waals surface area contributed by atoms with E-state index in [1.54, 1.807) is 13.8 Å². The minimum absolute atomic E-state index is 0.157. The molecule has 62 valence electrons. The Balaban J connectivity index is 3.45. The largest absolute Gasteiger partial charge is 0.264 e. The number of aryl methyl sites for hydroxylation is 2. The molecule has 0 aliphatic rings. The SMILES string of the molecule is Cc1nsc(C)c1S(=O)(=O)Cl. The summed E-state index contributed by atoms with van der Waals surface area (Å²) >= 11 is 1.14. The molecule has 11 heavy (non-hydrogen) atoms. The smallest absolute Gasteiger partial charge is 0.207 e. The molecule has 1 rings (SSSR count). The van der Waals surface area contributed by atoms with Crippen LogP contribution >= 0.6 is 22.2 Å². The maximum Gasteiger partial charge on any atom is 0.264 e. The lowest BCUT2D eigenvalue weighted by Crippen LogP contribution is -1.92. The maximum atomic E-state index is 10.9. The first-order valence-corrected chi connectivity index (χ1v) is 5.88. The van der Waals surface area contributed by atoms with Gasteiger partial charge < -0.3 is 0 Å². The van der Waals surface area contributed by atoms with Crippen LogP contribution < -0.4 is 0 Å². The Labute approximate surface area is 73.6 Å². The Kier molecular flexibility index (Phi) is 2.22. The number of rotatable bonds is 1. The molecule has 0 fully saturated rings. The van der Waals surface area contributed by atoms with Crippen LogP contribution in [0, 0.1) is 13.8 Å². The zero-order valence-electron chi connectivity index (χ0n) is 5.96. The van der Waals surface area contributed by atoms with Crippen LogP contribution in [0.4, 0.5) is 0 Å². The fourth-order valence-electron chi connectivity index (χ4n) is 0.823. The molecule has 1 aromatic heterocycles. The van der Waals surface area contributed by atoms with E-state index in [0.717, 1.165) is 11.5 Å². The van der Waals surface area contributed by atoms with Gasteiger partial charge in [0.05, 0.1) is 5.69 Å². The quantitative estimate of drug-likeness (QED) is 0.665. The molecule has 1 aromatic rings. The Morgan fingerprint density at radius 2 is 2.00 bits per heavy atom. The first-order valence-electron chi connectivity index (χ1n) is 2.80. The van der Waals surface area contributed by atoms with E-state index in [9.17, 15) is 8.42 Å². The first kappa shape index (κ1) is 8.96. The highest BCUT2D eigenvalue weighted by atomic mass is 35.7. The van der Waals surface area contributed by atoms with Crippen LogP contribution in [0.5, 0.6) is 0 Å². The van der Waals surface area contributed by atoms with Crippen molar-refractivity contribution in [2.24, 2.45) is 0 Å². The minimum atomic E-state index is -3.60. The molecule has 6 heteroatoms. The summed E-state index contributed by atoms with van der Waals surface area (Å²) in [7, 11) is 1.55. The van der Waals surface area contributed by atoms with Crippen LogP contribution in [0.1, 0.15) is 10.6 Å². The summed E-state index contributed by atoms with van der Waals surface area (Å²) in [5.74, 6) is 0. The van der Waals surface area contributed by atoms with Crippen molar-refractivity contribution in [3.63, 3.8) is 0 Å². The molecule has 0 saturated carbocycles. The lowest BCUT2D eigenvalue weighted by molar-refractivity contribution is 0.608. The van der Waals surface area contributed by atoms with Gasteiger partial charge in [0, 0.05) is 15.6 Å². The standard InChI is InChI=1S/C5H6ClNO2S2/c1-3-5(11(6,8)9)4(2)10-7-3/h1-2H3. The maximum absolute atomic E-state index is 10.9. The molecule has 0 unspecified atom stereocenters. The monoisotopic (exact) mass is 211 g/mol. The average molecular weight is 212 g/mol. The van der Waals surface area contributed by atoms with Gasteiger partial charge in [-0.05, 0) is 25.4 Å². The van der Waals surface area contributed by atoms with Gasteiger partial charge in [-0.15, -0.1) is 0 Å². The van der Waals surface area contributed by atoms with Gasteiger partial charge in [0.1, 0.15) is 4.90 Å². The Morgan fingerprint density at radius 1 is 1.45 bits per heavy atom. The van der Waals surface area contributed by atoms with Gasteiger partial charge in [0.15, 0.2) is 0 Å². The van der Waals surface area contributed by atoms with Crippen molar-refractivity contribution in [3.8, 4) is 0 Å². The first-order chi connectivity index (χ1) is 4.93. The molecule has 0 aromatic carbocycles. The van der Waals surface area contributed by atoms with Gasteiger partial charge in [0.25, 0.3) is 9.05 Å². The molecular formula is C5H6ClNO2S2. The van der Waals surface area contributed by atoms with Crippen molar-refractivity contribution in [1.29, 1.82) is 0 Å². The Hall–Kier alpha value is -0.130. The van der Waals surface area contributed by atoms with Gasteiger partial charge >= 0.3 is 0 Å². The summed E-state index contributed by atoms with van der Waals surface area (Å²) in [6.45, 7) is 3.30. The molecule has 0 saturated heterocycles. The minimum Gasteiger partial charge on any atom is -0.207 e. The van der Waals surface area contributed by atoms with E-state index in [2.05, 4.69) is 4.37 Å². The number of halogens is 1. The van der Waals surface area contributed by atoms with E-state index in [-0.39, 0.29) is 4.90 Å². The molecule has 1 heterocycles. The van der Waals surface area contributed by atoms with Gasteiger partial charge in [-0.3, -0.25) is 0 Å². The summed E-state index contributed by atoms with van der Waals surface area (Å²) in [4.78, 5) is 0.793. The van der Waals surface area contributed by atoms with E-state index < -0.39 is 9.05 Å². The fourth-order valence-corrected chi connectivity index (χ4v) is 3.48. The molecule has 0 N–H and O–H groups in total. The molecule has 0 radical (unpaired) electrons. The molecular weight excluding hydrogens is 206 g/mol. The van der Waals surface area contributed by atoms with Crippen LogP contribution in [0.3, 0.4) is 0 Å². The molecule has 0 bridgehead atoms. The zero-order chi connectivity index (χ0) is 8.65. The van der Waals surface area contributed by atoms with Crippen LogP contribution in [-0.2, 0) is 9.05 Å². The third-order valence-corrected chi connectivity index (χ3v) is 3.74. The molecule has 0 amide bonds. The van der Waals surface area contributed by atoms with E-state index in [1.165, 1.54) is 0 Å². The van der Waals surface area contributed by atoms with Crippen molar-refractivity contribution in [2.45, 2.75) is 18.7 Å². The highest BCUT2D eigenvalue weighted by Gasteiger charge is 2.19. The van der Waals surface area contributed by atoms with Crippen LogP contribution in [0.2, 0.25) is 0 Å².